The number of methoxy groups -OCH3 is 1. The lowest BCUT2D eigenvalue weighted by atomic mass is 10.2. The lowest BCUT2D eigenvalue weighted by molar-refractivity contribution is -0.128. The van der Waals surface area contributed by atoms with E-state index in [9.17, 15) is 9.18 Å². The highest BCUT2D eigenvalue weighted by Crippen LogP contribution is 2.30. The van der Waals surface area contributed by atoms with Gasteiger partial charge < -0.3 is 19.1 Å². The summed E-state index contributed by atoms with van der Waals surface area (Å²) in [5.41, 5.74) is 3.14. The summed E-state index contributed by atoms with van der Waals surface area (Å²) >= 11 is 1.48. The van der Waals surface area contributed by atoms with Gasteiger partial charge in [0, 0.05) is 50.5 Å². The molecular formula is C27H27FN4O2S. The van der Waals surface area contributed by atoms with Crippen molar-refractivity contribution in [3.8, 4) is 5.75 Å². The van der Waals surface area contributed by atoms with Gasteiger partial charge in [-0.2, -0.15) is 0 Å². The van der Waals surface area contributed by atoms with Gasteiger partial charge in [0.2, 0.25) is 5.91 Å². The third-order valence-corrected chi connectivity index (χ3v) is 7.31. The Morgan fingerprint density at radius 2 is 1.80 bits per heavy atom. The number of thioether (sulfide) groups is 1. The number of pyridine rings is 1. The molecule has 0 radical (unpaired) electrons. The van der Waals surface area contributed by atoms with Crippen LogP contribution >= 0.6 is 11.8 Å². The molecule has 2 aromatic heterocycles. The quantitative estimate of drug-likeness (QED) is 0.352. The number of halogens is 1. The van der Waals surface area contributed by atoms with Crippen LogP contribution in [0.4, 0.5) is 10.1 Å². The molecule has 35 heavy (non-hydrogen) atoms. The zero-order valence-corrected chi connectivity index (χ0v) is 20.4. The van der Waals surface area contributed by atoms with E-state index in [1.165, 1.54) is 23.9 Å². The van der Waals surface area contributed by atoms with Gasteiger partial charge in [0.1, 0.15) is 16.6 Å². The van der Waals surface area contributed by atoms with Gasteiger partial charge in [0.05, 0.1) is 24.1 Å². The van der Waals surface area contributed by atoms with Crippen molar-refractivity contribution in [3.05, 3.63) is 84.4 Å². The van der Waals surface area contributed by atoms with Crippen LogP contribution in [0.1, 0.15) is 5.56 Å². The van der Waals surface area contributed by atoms with E-state index in [1.54, 1.807) is 25.4 Å². The number of fused-ring (bicyclic) bond motifs is 1. The summed E-state index contributed by atoms with van der Waals surface area (Å²) in [5, 5.41) is 1.87. The van der Waals surface area contributed by atoms with Crippen LogP contribution in [0, 0.1) is 5.82 Å². The Kier molecular flexibility index (Phi) is 6.90. The molecule has 0 spiro atoms. The van der Waals surface area contributed by atoms with E-state index in [0.717, 1.165) is 46.0 Å². The van der Waals surface area contributed by atoms with Crippen LogP contribution in [0.2, 0.25) is 0 Å². The number of ether oxygens (including phenoxy) is 1. The molecule has 1 fully saturated rings. The number of aromatic nitrogens is 2. The molecule has 0 saturated carbocycles. The number of carbonyl (C=O) groups excluding carboxylic acids is 1. The third-order valence-electron chi connectivity index (χ3n) is 6.32. The predicted molar refractivity (Wildman–Crippen MR) is 138 cm³/mol. The van der Waals surface area contributed by atoms with Crippen molar-refractivity contribution >= 4 is 34.3 Å². The summed E-state index contributed by atoms with van der Waals surface area (Å²) in [7, 11) is 1.68. The van der Waals surface area contributed by atoms with E-state index < -0.39 is 0 Å². The summed E-state index contributed by atoms with van der Waals surface area (Å²) in [6, 6.07) is 18.5. The van der Waals surface area contributed by atoms with Crippen LogP contribution in [0.25, 0.3) is 10.9 Å². The van der Waals surface area contributed by atoms with Crippen molar-refractivity contribution < 1.29 is 13.9 Å². The van der Waals surface area contributed by atoms with E-state index >= 15 is 0 Å². The molecule has 4 aromatic rings. The molecule has 1 saturated heterocycles. The molecule has 0 unspecified atom stereocenters. The average molecular weight is 491 g/mol. The number of nitrogens with zero attached hydrogens (tertiary/aromatic N) is 4. The highest BCUT2D eigenvalue weighted by atomic mass is 32.2. The van der Waals surface area contributed by atoms with Crippen molar-refractivity contribution in [2.24, 2.45) is 0 Å². The summed E-state index contributed by atoms with van der Waals surface area (Å²) in [6.07, 6.45) is 3.79. The van der Waals surface area contributed by atoms with Gasteiger partial charge in [-0.3, -0.25) is 4.79 Å². The van der Waals surface area contributed by atoms with Crippen LogP contribution in [0.15, 0.2) is 78.1 Å². The second kappa shape index (κ2) is 10.4. The van der Waals surface area contributed by atoms with Crippen LogP contribution in [-0.2, 0) is 11.3 Å². The standard InChI is InChI=1S/C27H27FN4O2S/c1-34-25-5-3-2-4-24(25)30-14-16-31(17-15-30)26(33)19-35-27-22-11-13-32(23(22)10-12-29-27)18-20-6-8-21(28)9-7-20/h2-13H,14-19H2,1H3. The van der Waals surface area contributed by atoms with Crippen LogP contribution in [-0.4, -0.2) is 59.4 Å². The topological polar surface area (TPSA) is 50.6 Å². The molecule has 0 bridgehead atoms. The first kappa shape index (κ1) is 23.2. The second-order valence-electron chi connectivity index (χ2n) is 8.45. The van der Waals surface area contributed by atoms with E-state index in [1.807, 2.05) is 41.4 Å². The fourth-order valence-electron chi connectivity index (χ4n) is 4.44. The fourth-order valence-corrected chi connectivity index (χ4v) is 5.35. The Morgan fingerprint density at radius 3 is 2.57 bits per heavy atom. The monoisotopic (exact) mass is 490 g/mol. The summed E-state index contributed by atoms with van der Waals surface area (Å²) in [4.78, 5) is 21.7. The largest absolute Gasteiger partial charge is 0.495 e. The fraction of sp³-hybridized carbons (Fsp3) is 0.259. The normalized spacial score (nSPS) is 13.9. The third kappa shape index (κ3) is 5.12. The zero-order chi connectivity index (χ0) is 24.2. The molecule has 1 aliphatic rings. The predicted octanol–water partition coefficient (Wildman–Crippen LogP) is 4.67. The number of benzene rings is 2. The van der Waals surface area contributed by atoms with Crippen LogP contribution < -0.4 is 9.64 Å². The van der Waals surface area contributed by atoms with E-state index in [2.05, 4.69) is 20.5 Å². The van der Waals surface area contributed by atoms with Gasteiger partial charge in [0.15, 0.2) is 0 Å². The van der Waals surface area contributed by atoms with Gasteiger partial charge in [-0.1, -0.05) is 36.0 Å². The molecular weight excluding hydrogens is 463 g/mol. The molecule has 1 aliphatic heterocycles. The highest BCUT2D eigenvalue weighted by Gasteiger charge is 2.23. The molecule has 6 nitrogen and oxygen atoms in total. The number of rotatable bonds is 7. The maximum Gasteiger partial charge on any atom is 0.233 e. The average Bonchev–Trinajstić information content (AvgIpc) is 3.32. The molecule has 0 aliphatic carbocycles. The Hall–Kier alpha value is -3.52. The minimum Gasteiger partial charge on any atom is -0.495 e. The molecule has 0 N–H and O–H groups in total. The maximum atomic E-state index is 13.2. The number of piperazine rings is 1. The van der Waals surface area contributed by atoms with Gasteiger partial charge >= 0.3 is 0 Å². The number of hydrogen-bond donors (Lipinski definition) is 0. The van der Waals surface area contributed by atoms with Gasteiger partial charge in [-0.15, -0.1) is 0 Å². The summed E-state index contributed by atoms with van der Waals surface area (Å²) in [6.45, 7) is 3.56. The molecule has 3 heterocycles. The van der Waals surface area contributed by atoms with Crippen molar-refractivity contribution in [1.82, 2.24) is 14.5 Å². The van der Waals surface area contributed by atoms with Crippen molar-refractivity contribution in [1.29, 1.82) is 0 Å². The minimum absolute atomic E-state index is 0.124. The molecule has 180 valence electrons. The van der Waals surface area contributed by atoms with E-state index in [-0.39, 0.29) is 11.7 Å². The molecule has 0 atom stereocenters. The number of hydrogen-bond acceptors (Lipinski definition) is 5. The zero-order valence-electron chi connectivity index (χ0n) is 19.6. The van der Waals surface area contributed by atoms with Gasteiger partial charge in [0.25, 0.3) is 0 Å². The smallest absolute Gasteiger partial charge is 0.233 e. The van der Waals surface area contributed by atoms with Gasteiger partial charge in [-0.25, -0.2) is 9.37 Å². The van der Waals surface area contributed by atoms with Crippen LogP contribution in [0.5, 0.6) is 5.75 Å². The number of amides is 1. The molecule has 8 heteroatoms. The minimum atomic E-state index is -0.236. The SMILES string of the molecule is COc1ccccc1N1CCN(C(=O)CSc2nccc3c2ccn3Cc2ccc(F)cc2)CC1. The molecule has 1 amide bonds. The van der Waals surface area contributed by atoms with Gasteiger partial charge in [-0.05, 0) is 42.0 Å². The first-order valence-electron chi connectivity index (χ1n) is 11.6. The van der Waals surface area contributed by atoms with Crippen LogP contribution in [0.3, 0.4) is 0 Å². The first-order chi connectivity index (χ1) is 17.1. The Balaban J connectivity index is 1.20. The summed E-state index contributed by atoms with van der Waals surface area (Å²) in [5.74, 6) is 1.09. The molecule has 2 aromatic carbocycles. The Morgan fingerprint density at radius 1 is 1.03 bits per heavy atom. The van der Waals surface area contributed by atoms with E-state index in [0.29, 0.717) is 25.4 Å². The van der Waals surface area contributed by atoms with Crippen molar-refractivity contribution in [2.45, 2.75) is 11.6 Å². The Labute approximate surface area is 208 Å². The lowest BCUT2D eigenvalue weighted by Crippen LogP contribution is -2.49. The second-order valence-corrected chi connectivity index (χ2v) is 9.41. The maximum absolute atomic E-state index is 13.2. The van der Waals surface area contributed by atoms with Crippen molar-refractivity contribution in [3.63, 3.8) is 0 Å². The number of carbonyl (C=O) groups is 1. The van der Waals surface area contributed by atoms with Crippen molar-refractivity contribution in [2.75, 3.05) is 43.9 Å². The molecule has 5 rings (SSSR count). The number of para-hydroxylation sites is 2. The Bertz CT molecular complexity index is 1320. The lowest BCUT2D eigenvalue weighted by Gasteiger charge is -2.36. The number of anilines is 1. The van der Waals surface area contributed by atoms with E-state index in [4.69, 9.17) is 4.74 Å². The summed E-state index contributed by atoms with van der Waals surface area (Å²) < 4.78 is 20.8. The first-order valence-corrected chi connectivity index (χ1v) is 12.6. The highest BCUT2D eigenvalue weighted by molar-refractivity contribution is 8.00.